The number of nitrogens with one attached hydrogen (secondary N) is 3. The van der Waals surface area contributed by atoms with Gasteiger partial charge in [0.05, 0.1) is 24.1 Å². The molecular weight excluding hydrogens is 632 g/mol. The van der Waals surface area contributed by atoms with Crippen molar-refractivity contribution in [2.45, 2.75) is 96.8 Å². The molecule has 226 valence electrons. The number of benzene rings is 1. The van der Waals surface area contributed by atoms with Gasteiger partial charge in [0.1, 0.15) is 6.04 Å². The summed E-state index contributed by atoms with van der Waals surface area (Å²) in [7, 11) is 1.10. The van der Waals surface area contributed by atoms with E-state index in [2.05, 4.69) is 78.2 Å². The number of carbonyl (C=O) groups is 2. The number of hydrogen-bond acceptors (Lipinski definition) is 5. The number of amides is 2. The van der Waals surface area contributed by atoms with E-state index >= 15 is 0 Å². The maximum atomic E-state index is 13.8. The van der Waals surface area contributed by atoms with Gasteiger partial charge in [-0.1, -0.05) is 45.9 Å². The number of guanidine groups is 1. The molecule has 1 aromatic carbocycles. The van der Waals surface area contributed by atoms with Crippen LogP contribution < -0.4 is 21.7 Å². The molecule has 9 nitrogen and oxygen atoms in total. The first kappa shape index (κ1) is 32.1. The number of halogens is 1. The van der Waals surface area contributed by atoms with Crippen LogP contribution in [-0.4, -0.2) is 62.2 Å². The third-order valence-electron chi connectivity index (χ3n) is 9.53. The van der Waals surface area contributed by atoms with Crippen molar-refractivity contribution < 1.29 is 18.9 Å². The van der Waals surface area contributed by atoms with Gasteiger partial charge in [-0.3, -0.25) is 14.6 Å². The largest absolute Gasteiger partial charge is 0.481 e. The lowest BCUT2D eigenvalue weighted by molar-refractivity contribution is -0.199. The van der Waals surface area contributed by atoms with Crippen LogP contribution in [0.25, 0.3) is 0 Å². The SMILES string of the molecule is CN=C(N)NCCC[C@H](NC(=O)Cc1ccccc1I)C(=O)N[C@@H](CC(C)C)B1O[C@@H]2C[C@@H]3C[C@@H](C3(C)C)[C@]2(C)O1. The first-order chi connectivity index (χ1) is 19.3. The standard InChI is InChI=1S/C30H47BIN5O4/c1-18(2)14-25(31-40-24-17-20-16-23(29(20,3)4)30(24,5)41-31)37-27(39)22(12-9-13-35-28(33)34-6)36-26(38)15-19-10-7-8-11-21(19)32/h7-8,10-11,18,20,22-25H,9,12-17H2,1-6H3,(H,36,38)(H,37,39)(H3,33,34,35)/t20-,22-,23-,24+,25-,30-/m0/s1. The highest BCUT2D eigenvalue weighted by atomic mass is 127. The van der Waals surface area contributed by atoms with E-state index in [9.17, 15) is 9.59 Å². The van der Waals surface area contributed by atoms with Gasteiger partial charge < -0.3 is 31.0 Å². The molecule has 2 amide bonds. The van der Waals surface area contributed by atoms with Crippen molar-refractivity contribution in [1.82, 2.24) is 16.0 Å². The van der Waals surface area contributed by atoms with Gasteiger partial charge >= 0.3 is 7.12 Å². The van der Waals surface area contributed by atoms with Crippen LogP contribution in [0.2, 0.25) is 0 Å². The van der Waals surface area contributed by atoms with E-state index in [-0.39, 0.29) is 41.3 Å². The molecule has 1 saturated heterocycles. The molecule has 3 saturated carbocycles. The van der Waals surface area contributed by atoms with Crippen LogP contribution in [0, 0.1) is 26.7 Å². The Morgan fingerprint density at radius 3 is 2.59 bits per heavy atom. The number of hydrogen-bond donors (Lipinski definition) is 4. The summed E-state index contributed by atoms with van der Waals surface area (Å²) < 4.78 is 14.3. The second-order valence-corrected chi connectivity index (χ2v) is 14.3. The van der Waals surface area contributed by atoms with E-state index in [1.165, 1.54) is 6.42 Å². The van der Waals surface area contributed by atoms with Crippen LogP contribution in [0.5, 0.6) is 0 Å². The molecule has 1 aliphatic heterocycles. The lowest BCUT2D eigenvalue weighted by atomic mass is 9.43. The van der Waals surface area contributed by atoms with Crippen LogP contribution in [0.15, 0.2) is 29.3 Å². The maximum absolute atomic E-state index is 13.8. The average molecular weight is 679 g/mol. The van der Waals surface area contributed by atoms with E-state index in [0.717, 1.165) is 15.6 Å². The van der Waals surface area contributed by atoms with Crippen molar-refractivity contribution >= 4 is 47.5 Å². The topological polar surface area (TPSA) is 127 Å². The number of nitrogens with two attached hydrogens (primary N) is 1. The molecule has 5 N–H and O–H groups in total. The van der Waals surface area contributed by atoms with Crippen molar-refractivity contribution in [2.75, 3.05) is 13.6 Å². The summed E-state index contributed by atoms with van der Waals surface area (Å²) >= 11 is 2.23. The first-order valence-electron chi connectivity index (χ1n) is 15.0. The monoisotopic (exact) mass is 679 g/mol. The number of aliphatic imine (C=N–C) groups is 1. The fraction of sp³-hybridized carbons (Fsp3) is 0.700. The van der Waals surface area contributed by atoms with E-state index in [4.69, 9.17) is 15.0 Å². The number of carbonyl (C=O) groups excluding carboxylic acids is 2. The zero-order valence-corrected chi connectivity index (χ0v) is 27.5. The van der Waals surface area contributed by atoms with Crippen molar-refractivity contribution in [1.29, 1.82) is 0 Å². The van der Waals surface area contributed by atoms with E-state index < -0.39 is 13.2 Å². The molecule has 6 atom stereocenters. The molecule has 4 fully saturated rings. The zero-order chi connectivity index (χ0) is 29.9. The molecule has 2 bridgehead atoms. The predicted molar refractivity (Wildman–Crippen MR) is 171 cm³/mol. The Bertz CT molecular complexity index is 1130. The van der Waals surface area contributed by atoms with E-state index in [1.54, 1.807) is 7.05 Å². The van der Waals surface area contributed by atoms with Gasteiger partial charge in [-0.05, 0) is 96.4 Å². The van der Waals surface area contributed by atoms with Crippen LogP contribution in [0.3, 0.4) is 0 Å². The Balaban J connectivity index is 1.45. The fourth-order valence-electron chi connectivity index (χ4n) is 7.03. The minimum atomic E-state index is -0.703. The van der Waals surface area contributed by atoms with Crippen LogP contribution in [0.1, 0.15) is 72.3 Å². The minimum absolute atomic E-state index is 0.0384. The molecular formula is C30H47BIN5O4. The van der Waals surface area contributed by atoms with Gasteiger partial charge in [-0.2, -0.15) is 0 Å². The normalized spacial score (nSPS) is 28.0. The molecule has 0 aromatic heterocycles. The van der Waals surface area contributed by atoms with Gasteiger partial charge in [0.2, 0.25) is 11.8 Å². The highest BCUT2D eigenvalue weighted by Gasteiger charge is 2.68. The molecule has 1 heterocycles. The van der Waals surface area contributed by atoms with E-state index in [0.29, 0.717) is 49.5 Å². The molecule has 0 spiro atoms. The Morgan fingerprint density at radius 1 is 1.20 bits per heavy atom. The van der Waals surface area contributed by atoms with Crippen LogP contribution in [0.4, 0.5) is 0 Å². The van der Waals surface area contributed by atoms with Gasteiger partial charge in [0.15, 0.2) is 5.96 Å². The van der Waals surface area contributed by atoms with Gasteiger partial charge in [0, 0.05) is 17.2 Å². The highest BCUT2D eigenvalue weighted by molar-refractivity contribution is 14.1. The predicted octanol–water partition coefficient (Wildman–Crippen LogP) is 3.43. The lowest BCUT2D eigenvalue weighted by Crippen LogP contribution is -2.65. The van der Waals surface area contributed by atoms with Crippen LogP contribution in [-0.2, 0) is 25.3 Å². The number of rotatable bonds is 12. The second kappa shape index (κ2) is 13.2. The summed E-state index contributed by atoms with van der Waals surface area (Å²) in [5.74, 6) is 1.03. The second-order valence-electron chi connectivity index (χ2n) is 13.1. The lowest BCUT2D eigenvalue weighted by Gasteiger charge is -2.64. The summed E-state index contributed by atoms with van der Waals surface area (Å²) in [6, 6.07) is 7.07. The van der Waals surface area contributed by atoms with Crippen molar-refractivity contribution in [2.24, 2.45) is 33.9 Å². The third-order valence-corrected chi connectivity index (χ3v) is 10.6. The highest BCUT2D eigenvalue weighted by Crippen LogP contribution is 2.65. The smallest absolute Gasteiger partial charge is 0.404 e. The molecule has 3 aliphatic carbocycles. The Hall–Kier alpha value is -1.86. The third kappa shape index (κ3) is 7.21. The summed E-state index contributed by atoms with van der Waals surface area (Å²) in [4.78, 5) is 30.8. The summed E-state index contributed by atoms with van der Waals surface area (Å²) in [6.45, 7) is 11.7. The zero-order valence-electron chi connectivity index (χ0n) is 25.3. The first-order valence-corrected chi connectivity index (χ1v) is 16.1. The van der Waals surface area contributed by atoms with Gasteiger partial charge in [-0.25, -0.2) is 0 Å². The fourth-order valence-corrected chi connectivity index (χ4v) is 7.61. The molecule has 41 heavy (non-hydrogen) atoms. The summed E-state index contributed by atoms with van der Waals surface area (Å²) in [5.41, 5.74) is 6.59. The molecule has 0 radical (unpaired) electrons. The quantitative estimate of drug-likeness (QED) is 0.0883. The molecule has 11 heteroatoms. The average Bonchev–Trinajstić information content (AvgIpc) is 3.28. The summed E-state index contributed by atoms with van der Waals surface area (Å²) in [5, 5.41) is 9.26. The van der Waals surface area contributed by atoms with E-state index in [1.807, 2.05) is 24.3 Å². The van der Waals surface area contributed by atoms with Crippen molar-refractivity contribution in [3.63, 3.8) is 0 Å². The molecule has 1 aromatic rings. The van der Waals surface area contributed by atoms with Gasteiger partial charge in [-0.15, -0.1) is 0 Å². The van der Waals surface area contributed by atoms with Gasteiger partial charge in [0.25, 0.3) is 0 Å². The summed E-state index contributed by atoms with van der Waals surface area (Å²) in [6.07, 6.45) is 4.20. The Kier molecular flexibility index (Phi) is 10.3. The number of nitrogens with zero attached hydrogens (tertiary/aromatic N) is 1. The Morgan fingerprint density at radius 2 is 1.93 bits per heavy atom. The maximum Gasteiger partial charge on any atom is 0.481 e. The Labute approximate surface area is 259 Å². The van der Waals surface area contributed by atoms with Crippen molar-refractivity contribution in [3.05, 3.63) is 33.4 Å². The van der Waals surface area contributed by atoms with Crippen molar-refractivity contribution in [3.8, 4) is 0 Å². The molecule has 0 unspecified atom stereocenters. The minimum Gasteiger partial charge on any atom is -0.404 e. The molecule has 5 rings (SSSR count). The van der Waals surface area contributed by atoms with Crippen LogP contribution >= 0.6 is 22.6 Å². The molecule has 4 aliphatic rings.